The Morgan fingerprint density at radius 1 is 1.53 bits per heavy atom. The van der Waals surface area contributed by atoms with Crippen LogP contribution in [0, 0.1) is 5.41 Å². The van der Waals surface area contributed by atoms with Crippen molar-refractivity contribution < 1.29 is 4.79 Å². The Hall–Kier alpha value is -1.43. The second kappa shape index (κ2) is 4.59. The summed E-state index contributed by atoms with van der Waals surface area (Å²) in [7, 11) is 0. The number of hydrogen-bond donors (Lipinski definition) is 2. The molecule has 2 fully saturated rings. The summed E-state index contributed by atoms with van der Waals surface area (Å²) in [6, 6.07) is 0.623. The number of nitrogens with one attached hydrogen (secondary N) is 2. The highest BCUT2D eigenvalue weighted by Gasteiger charge is 2.32. The van der Waals surface area contributed by atoms with E-state index in [1.807, 2.05) is 0 Å². The number of carbonyl (C=O) groups is 1. The van der Waals surface area contributed by atoms with Gasteiger partial charge in [-0.2, -0.15) is 0 Å². The Labute approximate surface area is 112 Å². The molecule has 104 valence electrons. The van der Waals surface area contributed by atoms with Crippen LogP contribution in [0.3, 0.4) is 0 Å². The smallest absolute Gasteiger partial charge is 0.273 e. The van der Waals surface area contributed by atoms with Crippen molar-refractivity contribution in [3.8, 4) is 0 Å². The maximum Gasteiger partial charge on any atom is 0.273 e. The first kappa shape index (κ1) is 12.6. The summed E-state index contributed by atoms with van der Waals surface area (Å²) in [4.78, 5) is 12.1. The van der Waals surface area contributed by atoms with Gasteiger partial charge in [0.05, 0.1) is 12.2 Å². The van der Waals surface area contributed by atoms with E-state index in [-0.39, 0.29) is 11.9 Å². The van der Waals surface area contributed by atoms with Crippen LogP contribution < -0.4 is 10.6 Å². The average molecular weight is 263 g/mol. The van der Waals surface area contributed by atoms with Crippen molar-refractivity contribution >= 4 is 5.91 Å². The molecule has 0 aromatic carbocycles. The van der Waals surface area contributed by atoms with Crippen molar-refractivity contribution in [3.05, 3.63) is 11.9 Å². The molecular formula is C13H21N5O. The molecule has 2 heterocycles. The Morgan fingerprint density at radius 3 is 2.89 bits per heavy atom. The molecule has 0 radical (unpaired) electrons. The van der Waals surface area contributed by atoms with E-state index >= 15 is 0 Å². The minimum atomic E-state index is -0.0961. The predicted octanol–water partition coefficient (Wildman–Crippen LogP) is 0.731. The molecule has 6 heteroatoms. The summed E-state index contributed by atoms with van der Waals surface area (Å²) in [5, 5.41) is 14.2. The Balaban J connectivity index is 1.59. The molecule has 1 saturated heterocycles. The van der Waals surface area contributed by atoms with Crippen LogP contribution in [0.15, 0.2) is 6.20 Å². The van der Waals surface area contributed by atoms with E-state index in [1.54, 1.807) is 10.9 Å². The lowest BCUT2D eigenvalue weighted by Gasteiger charge is -2.26. The van der Waals surface area contributed by atoms with Gasteiger partial charge in [0.2, 0.25) is 0 Å². The van der Waals surface area contributed by atoms with E-state index in [0.29, 0.717) is 17.2 Å². The van der Waals surface area contributed by atoms with Crippen LogP contribution in [0.2, 0.25) is 0 Å². The van der Waals surface area contributed by atoms with Crippen molar-refractivity contribution in [2.75, 3.05) is 13.1 Å². The van der Waals surface area contributed by atoms with Crippen LogP contribution in [0.5, 0.6) is 0 Å². The van der Waals surface area contributed by atoms with E-state index in [9.17, 15) is 4.79 Å². The molecule has 0 bridgehead atoms. The van der Waals surface area contributed by atoms with E-state index in [0.717, 1.165) is 25.9 Å². The molecule has 1 aliphatic heterocycles. The minimum absolute atomic E-state index is 0.0961. The fourth-order valence-electron chi connectivity index (χ4n) is 2.84. The van der Waals surface area contributed by atoms with Gasteiger partial charge in [0.1, 0.15) is 0 Å². The van der Waals surface area contributed by atoms with Gasteiger partial charge in [0.15, 0.2) is 5.69 Å². The predicted molar refractivity (Wildman–Crippen MR) is 70.8 cm³/mol. The number of nitrogens with zero attached hydrogens (tertiary/aromatic N) is 3. The van der Waals surface area contributed by atoms with E-state index < -0.39 is 0 Å². The van der Waals surface area contributed by atoms with Gasteiger partial charge in [-0.25, -0.2) is 4.68 Å². The maximum atomic E-state index is 12.1. The van der Waals surface area contributed by atoms with Crippen LogP contribution in [0.4, 0.5) is 0 Å². The zero-order valence-corrected chi connectivity index (χ0v) is 11.5. The lowest BCUT2D eigenvalue weighted by molar-refractivity contribution is 0.0931. The van der Waals surface area contributed by atoms with Gasteiger partial charge < -0.3 is 10.6 Å². The largest absolute Gasteiger partial charge is 0.348 e. The van der Waals surface area contributed by atoms with Gasteiger partial charge in [-0.1, -0.05) is 19.1 Å². The fraction of sp³-hybridized carbons (Fsp3) is 0.769. The Morgan fingerprint density at radius 2 is 2.32 bits per heavy atom. The number of amides is 1. The molecule has 1 aromatic rings. The molecular weight excluding hydrogens is 242 g/mol. The Bertz CT molecular complexity index is 477. The number of aromatic nitrogens is 3. The van der Waals surface area contributed by atoms with Crippen LogP contribution in [-0.4, -0.2) is 40.0 Å². The minimum Gasteiger partial charge on any atom is -0.348 e. The lowest BCUT2D eigenvalue weighted by Crippen LogP contribution is -2.43. The van der Waals surface area contributed by atoms with Gasteiger partial charge in [-0.15, -0.1) is 5.10 Å². The second-order valence-corrected chi connectivity index (χ2v) is 6.47. The van der Waals surface area contributed by atoms with Gasteiger partial charge in [0.25, 0.3) is 5.91 Å². The average Bonchev–Trinajstić information content (AvgIpc) is 2.83. The standard InChI is InChI=1S/C13H21N5O/c1-13(2)4-3-9(5-13)15-12(19)11-8-18(17-16-11)10-6-14-7-10/h8-10,14H,3-7H2,1-2H3,(H,15,19). The first-order valence-corrected chi connectivity index (χ1v) is 6.97. The maximum absolute atomic E-state index is 12.1. The van der Waals surface area contributed by atoms with E-state index in [4.69, 9.17) is 0 Å². The number of rotatable bonds is 3. The molecule has 6 nitrogen and oxygen atoms in total. The zero-order chi connectivity index (χ0) is 13.5. The molecule has 2 aliphatic rings. The van der Waals surface area contributed by atoms with Crippen molar-refractivity contribution in [1.82, 2.24) is 25.6 Å². The van der Waals surface area contributed by atoms with Gasteiger partial charge >= 0.3 is 0 Å². The van der Waals surface area contributed by atoms with Crippen LogP contribution in [-0.2, 0) is 0 Å². The summed E-state index contributed by atoms with van der Waals surface area (Å²) < 4.78 is 1.78. The SMILES string of the molecule is CC1(C)CCC(NC(=O)c2cn(C3CNC3)nn2)C1. The van der Waals surface area contributed by atoms with E-state index in [2.05, 4.69) is 34.8 Å². The highest BCUT2D eigenvalue weighted by Crippen LogP contribution is 2.36. The molecule has 3 rings (SSSR count). The van der Waals surface area contributed by atoms with Gasteiger partial charge in [-0.3, -0.25) is 4.79 Å². The first-order chi connectivity index (χ1) is 9.03. The molecule has 19 heavy (non-hydrogen) atoms. The summed E-state index contributed by atoms with van der Waals surface area (Å²) in [5.41, 5.74) is 0.768. The lowest BCUT2D eigenvalue weighted by atomic mass is 9.92. The van der Waals surface area contributed by atoms with Crippen molar-refractivity contribution in [2.24, 2.45) is 5.41 Å². The van der Waals surface area contributed by atoms with Crippen molar-refractivity contribution in [3.63, 3.8) is 0 Å². The van der Waals surface area contributed by atoms with Gasteiger partial charge in [-0.05, 0) is 24.7 Å². The molecule has 2 N–H and O–H groups in total. The number of carbonyl (C=O) groups excluding carboxylic acids is 1. The highest BCUT2D eigenvalue weighted by atomic mass is 16.2. The summed E-state index contributed by atoms with van der Waals surface area (Å²) in [6.45, 7) is 6.31. The summed E-state index contributed by atoms with van der Waals surface area (Å²) in [5.74, 6) is -0.0961. The van der Waals surface area contributed by atoms with Crippen LogP contribution >= 0.6 is 0 Å². The molecule has 1 atom stereocenters. The fourth-order valence-corrected chi connectivity index (χ4v) is 2.84. The monoisotopic (exact) mass is 263 g/mol. The van der Waals surface area contributed by atoms with Crippen molar-refractivity contribution in [1.29, 1.82) is 0 Å². The third-order valence-electron chi connectivity index (χ3n) is 4.18. The quantitative estimate of drug-likeness (QED) is 0.843. The zero-order valence-electron chi connectivity index (χ0n) is 11.5. The Kier molecular flexibility index (Phi) is 3.05. The molecule has 1 amide bonds. The highest BCUT2D eigenvalue weighted by molar-refractivity contribution is 5.92. The molecule has 1 aliphatic carbocycles. The molecule has 0 spiro atoms. The van der Waals surface area contributed by atoms with Crippen LogP contribution in [0.1, 0.15) is 49.6 Å². The first-order valence-electron chi connectivity index (χ1n) is 6.97. The third kappa shape index (κ3) is 2.63. The van der Waals surface area contributed by atoms with E-state index in [1.165, 1.54) is 6.42 Å². The topological polar surface area (TPSA) is 71.8 Å². The number of hydrogen-bond acceptors (Lipinski definition) is 4. The summed E-state index contributed by atoms with van der Waals surface area (Å²) in [6.07, 6.45) is 5.01. The van der Waals surface area contributed by atoms with Gasteiger partial charge in [0, 0.05) is 19.1 Å². The molecule has 1 saturated carbocycles. The molecule has 1 aromatic heterocycles. The normalized spacial score (nSPS) is 26.1. The van der Waals surface area contributed by atoms with Crippen molar-refractivity contribution in [2.45, 2.75) is 45.2 Å². The second-order valence-electron chi connectivity index (χ2n) is 6.47. The third-order valence-corrected chi connectivity index (χ3v) is 4.18. The summed E-state index contributed by atoms with van der Waals surface area (Å²) >= 11 is 0. The molecule has 1 unspecified atom stereocenters. The van der Waals surface area contributed by atoms with Crippen LogP contribution in [0.25, 0.3) is 0 Å².